The van der Waals surface area contributed by atoms with Crippen molar-refractivity contribution < 1.29 is 9.59 Å². The van der Waals surface area contributed by atoms with Crippen molar-refractivity contribution in [2.24, 2.45) is 0 Å². The van der Waals surface area contributed by atoms with Gasteiger partial charge in [0.05, 0.1) is 15.7 Å². The van der Waals surface area contributed by atoms with E-state index in [-0.39, 0.29) is 11.1 Å². The van der Waals surface area contributed by atoms with Crippen LogP contribution in [-0.2, 0) is 9.59 Å². The van der Waals surface area contributed by atoms with Crippen LogP contribution in [0.2, 0.25) is 10.0 Å². The molecule has 0 saturated carbocycles. The Morgan fingerprint density at radius 2 is 1.94 bits per heavy atom. The molecule has 6 heteroatoms. The van der Waals surface area contributed by atoms with Gasteiger partial charge in [0.1, 0.15) is 0 Å². The maximum atomic E-state index is 11.6. The van der Waals surface area contributed by atoms with Gasteiger partial charge in [0.25, 0.3) is 0 Å². The highest BCUT2D eigenvalue weighted by molar-refractivity contribution is 6.45. The highest BCUT2D eigenvalue weighted by Gasteiger charge is 2.17. The van der Waals surface area contributed by atoms with Crippen molar-refractivity contribution in [2.45, 2.75) is 26.3 Å². The van der Waals surface area contributed by atoms with Gasteiger partial charge in [-0.15, -0.1) is 0 Å². The summed E-state index contributed by atoms with van der Waals surface area (Å²) in [5.74, 6) is -1.46. The van der Waals surface area contributed by atoms with Crippen LogP contribution >= 0.6 is 23.2 Å². The van der Waals surface area contributed by atoms with Crippen LogP contribution in [0.5, 0.6) is 0 Å². The lowest BCUT2D eigenvalue weighted by Gasteiger charge is -2.12. The largest absolute Gasteiger partial charge is 0.345 e. The standard InChI is InChI=1S/C12H14Cl2N2O2/c1-3-7(2)15-11(17)12(18)16-9-6-4-5-8(13)10(9)14/h4-7H,3H2,1-2H3,(H,15,17)(H,16,18)/t7-/m1/s1. The Morgan fingerprint density at radius 3 is 2.56 bits per heavy atom. The Balaban J connectivity index is 2.70. The summed E-state index contributed by atoms with van der Waals surface area (Å²) < 4.78 is 0. The normalized spacial score (nSPS) is 11.8. The third kappa shape index (κ3) is 3.89. The maximum Gasteiger partial charge on any atom is 0.313 e. The van der Waals surface area contributed by atoms with E-state index in [1.165, 1.54) is 0 Å². The second-order valence-electron chi connectivity index (χ2n) is 3.84. The number of halogens is 2. The molecule has 1 aromatic carbocycles. The molecule has 4 nitrogen and oxygen atoms in total. The van der Waals surface area contributed by atoms with E-state index in [4.69, 9.17) is 23.2 Å². The number of rotatable bonds is 3. The molecule has 2 amide bonds. The molecule has 0 fully saturated rings. The van der Waals surface area contributed by atoms with Crippen molar-refractivity contribution in [3.8, 4) is 0 Å². The number of anilines is 1. The van der Waals surface area contributed by atoms with E-state index in [0.29, 0.717) is 10.7 Å². The van der Waals surface area contributed by atoms with Crippen LogP contribution in [-0.4, -0.2) is 17.9 Å². The van der Waals surface area contributed by atoms with Gasteiger partial charge in [-0.3, -0.25) is 9.59 Å². The molecule has 1 atom stereocenters. The van der Waals surface area contributed by atoms with Gasteiger partial charge in [-0.1, -0.05) is 36.2 Å². The highest BCUT2D eigenvalue weighted by Crippen LogP contribution is 2.29. The average molecular weight is 289 g/mol. The summed E-state index contributed by atoms with van der Waals surface area (Å²) in [6.45, 7) is 3.73. The fraction of sp³-hybridized carbons (Fsp3) is 0.333. The molecule has 0 aromatic heterocycles. The molecular formula is C12H14Cl2N2O2. The first-order valence-corrected chi connectivity index (χ1v) is 6.27. The van der Waals surface area contributed by atoms with Gasteiger partial charge < -0.3 is 10.6 Å². The van der Waals surface area contributed by atoms with E-state index in [9.17, 15) is 9.59 Å². The van der Waals surface area contributed by atoms with Gasteiger partial charge in [0, 0.05) is 6.04 Å². The first-order chi connectivity index (χ1) is 8.45. The SMILES string of the molecule is CC[C@@H](C)NC(=O)C(=O)Nc1cccc(Cl)c1Cl. The number of nitrogens with one attached hydrogen (secondary N) is 2. The van der Waals surface area contributed by atoms with Crippen LogP contribution in [0.3, 0.4) is 0 Å². The second kappa shape index (κ2) is 6.61. The Morgan fingerprint density at radius 1 is 1.28 bits per heavy atom. The molecule has 18 heavy (non-hydrogen) atoms. The molecule has 0 unspecified atom stereocenters. The molecule has 0 spiro atoms. The number of benzene rings is 1. The topological polar surface area (TPSA) is 58.2 Å². The van der Waals surface area contributed by atoms with Crippen LogP contribution in [0.15, 0.2) is 18.2 Å². The van der Waals surface area contributed by atoms with Crippen LogP contribution in [0.4, 0.5) is 5.69 Å². The first-order valence-electron chi connectivity index (χ1n) is 5.51. The lowest BCUT2D eigenvalue weighted by molar-refractivity contribution is -0.136. The van der Waals surface area contributed by atoms with Crippen molar-refractivity contribution in [3.05, 3.63) is 28.2 Å². The summed E-state index contributed by atoms with van der Waals surface area (Å²) in [5.41, 5.74) is 0.313. The Labute approximate surface area is 116 Å². The summed E-state index contributed by atoms with van der Waals surface area (Å²) in [6.07, 6.45) is 0.747. The van der Waals surface area contributed by atoms with E-state index in [1.807, 2.05) is 13.8 Å². The molecule has 0 aliphatic carbocycles. The quantitative estimate of drug-likeness (QED) is 0.841. The molecule has 1 aromatic rings. The smallest absolute Gasteiger partial charge is 0.313 e. The Bertz CT molecular complexity index is 463. The van der Waals surface area contributed by atoms with Crippen LogP contribution in [0.1, 0.15) is 20.3 Å². The monoisotopic (exact) mass is 288 g/mol. The number of carbonyl (C=O) groups is 2. The van der Waals surface area contributed by atoms with Crippen LogP contribution in [0, 0.1) is 0 Å². The van der Waals surface area contributed by atoms with Gasteiger partial charge in [-0.05, 0) is 25.5 Å². The number of hydrogen-bond acceptors (Lipinski definition) is 2. The van der Waals surface area contributed by atoms with Gasteiger partial charge in [0.2, 0.25) is 0 Å². The number of amides is 2. The second-order valence-corrected chi connectivity index (χ2v) is 4.62. The van der Waals surface area contributed by atoms with Crippen molar-refractivity contribution in [1.82, 2.24) is 5.32 Å². The molecule has 98 valence electrons. The zero-order valence-electron chi connectivity index (χ0n) is 10.1. The van der Waals surface area contributed by atoms with Crippen molar-refractivity contribution in [1.29, 1.82) is 0 Å². The lowest BCUT2D eigenvalue weighted by Crippen LogP contribution is -2.40. The van der Waals surface area contributed by atoms with Crippen molar-refractivity contribution >= 4 is 40.7 Å². The molecule has 0 bridgehead atoms. The maximum absolute atomic E-state index is 11.6. The lowest BCUT2D eigenvalue weighted by atomic mass is 10.2. The van der Waals surface area contributed by atoms with E-state index in [1.54, 1.807) is 18.2 Å². The third-order valence-corrected chi connectivity index (χ3v) is 3.21. The van der Waals surface area contributed by atoms with Gasteiger partial charge in [0.15, 0.2) is 0 Å². The third-order valence-electron chi connectivity index (χ3n) is 2.40. The van der Waals surface area contributed by atoms with E-state index in [0.717, 1.165) is 6.42 Å². The van der Waals surface area contributed by atoms with Crippen LogP contribution in [0.25, 0.3) is 0 Å². The minimum absolute atomic E-state index is 0.0573. The summed E-state index contributed by atoms with van der Waals surface area (Å²) in [4.78, 5) is 23.1. The number of hydrogen-bond donors (Lipinski definition) is 2. The molecule has 0 aliphatic rings. The van der Waals surface area contributed by atoms with Gasteiger partial charge in [-0.2, -0.15) is 0 Å². The van der Waals surface area contributed by atoms with Gasteiger partial charge >= 0.3 is 11.8 Å². The highest BCUT2D eigenvalue weighted by atomic mass is 35.5. The Hall–Kier alpha value is -1.26. The predicted octanol–water partition coefficient (Wildman–Crippen LogP) is 2.85. The zero-order chi connectivity index (χ0) is 13.7. The van der Waals surface area contributed by atoms with E-state index >= 15 is 0 Å². The van der Waals surface area contributed by atoms with Crippen molar-refractivity contribution in [2.75, 3.05) is 5.32 Å². The summed E-state index contributed by atoms with van der Waals surface area (Å²) in [5, 5.41) is 5.50. The minimum Gasteiger partial charge on any atom is -0.345 e. The van der Waals surface area contributed by atoms with E-state index < -0.39 is 11.8 Å². The fourth-order valence-electron chi connectivity index (χ4n) is 1.17. The fourth-order valence-corrected chi connectivity index (χ4v) is 1.52. The Kier molecular flexibility index (Phi) is 5.44. The minimum atomic E-state index is -0.764. The molecule has 1 rings (SSSR count). The number of carbonyl (C=O) groups excluding carboxylic acids is 2. The van der Waals surface area contributed by atoms with E-state index in [2.05, 4.69) is 10.6 Å². The summed E-state index contributed by atoms with van der Waals surface area (Å²) in [6, 6.07) is 4.75. The molecule has 0 saturated heterocycles. The summed E-state index contributed by atoms with van der Waals surface area (Å²) >= 11 is 11.7. The first kappa shape index (κ1) is 14.8. The molecule has 0 radical (unpaired) electrons. The molecular weight excluding hydrogens is 275 g/mol. The molecule has 2 N–H and O–H groups in total. The molecule has 0 aliphatic heterocycles. The van der Waals surface area contributed by atoms with Crippen molar-refractivity contribution in [3.63, 3.8) is 0 Å². The average Bonchev–Trinajstić information content (AvgIpc) is 2.34. The predicted molar refractivity (Wildman–Crippen MR) is 73.0 cm³/mol. The van der Waals surface area contributed by atoms with Crippen LogP contribution < -0.4 is 10.6 Å². The molecule has 0 heterocycles. The summed E-state index contributed by atoms with van der Waals surface area (Å²) in [7, 11) is 0. The zero-order valence-corrected chi connectivity index (χ0v) is 11.6. The van der Waals surface area contributed by atoms with Gasteiger partial charge in [-0.25, -0.2) is 0 Å².